The molecule has 2 aliphatic rings. The summed E-state index contributed by atoms with van der Waals surface area (Å²) >= 11 is 0. The number of nitrogens with one attached hydrogen (secondary N) is 1. The molecule has 1 aliphatic carbocycles. The van der Waals surface area contributed by atoms with E-state index >= 15 is 0 Å². The highest BCUT2D eigenvalue weighted by Crippen LogP contribution is 2.34. The second-order valence-corrected chi connectivity index (χ2v) is 9.08. The second kappa shape index (κ2) is 14.2. The van der Waals surface area contributed by atoms with E-state index < -0.39 is 6.09 Å². The summed E-state index contributed by atoms with van der Waals surface area (Å²) < 4.78 is 29.2. The molecule has 1 aliphatic heterocycles. The molecule has 10 nitrogen and oxygen atoms in total. The normalized spacial score (nSPS) is 20.7. The predicted molar refractivity (Wildman–Crippen MR) is 134 cm³/mol. The van der Waals surface area contributed by atoms with Gasteiger partial charge in [0, 0.05) is 26.2 Å². The van der Waals surface area contributed by atoms with E-state index in [1.165, 1.54) is 0 Å². The number of carbonyl (C=O) groups is 1. The Morgan fingerprint density at radius 3 is 2.50 bits per heavy atom. The number of carbonyl (C=O) groups excluding carboxylic acids is 1. The van der Waals surface area contributed by atoms with Gasteiger partial charge in [-0.05, 0) is 31.2 Å². The third kappa shape index (κ3) is 7.92. The summed E-state index contributed by atoms with van der Waals surface area (Å²) in [6.45, 7) is 5.61. The number of anilines is 1. The highest BCUT2D eigenvalue weighted by Gasteiger charge is 2.29. The Balaban J connectivity index is 1.34. The molecule has 1 saturated carbocycles. The summed E-state index contributed by atoms with van der Waals surface area (Å²) in [7, 11) is 1.63. The van der Waals surface area contributed by atoms with Crippen molar-refractivity contribution in [2.75, 3.05) is 65.2 Å². The minimum absolute atomic E-state index is 0.190. The number of methoxy groups -OCH3 is 1. The largest absolute Gasteiger partial charge is 0.473 e. The third-order valence-corrected chi connectivity index (χ3v) is 6.65. The van der Waals surface area contributed by atoms with Crippen molar-refractivity contribution in [2.24, 2.45) is 0 Å². The Labute approximate surface area is 212 Å². The van der Waals surface area contributed by atoms with Crippen LogP contribution in [-0.4, -0.2) is 86.7 Å². The maximum Gasteiger partial charge on any atom is 0.412 e. The summed E-state index contributed by atoms with van der Waals surface area (Å²) in [4.78, 5) is 15.1. The van der Waals surface area contributed by atoms with E-state index in [0.29, 0.717) is 44.0 Å². The number of ether oxygens (including phenoxy) is 5. The molecule has 0 unspecified atom stereocenters. The first kappa shape index (κ1) is 26.4. The van der Waals surface area contributed by atoms with Gasteiger partial charge in [0.1, 0.15) is 18.9 Å². The van der Waals surface area contributed by atoms with Gasteiger partial charge >= 0.3 is 6.09 Å². The summed E-state index contributed by atoms with van der Waals surface area (Å²) in [6.07, 6.45) is 5.61. The zero-order chi connectivity index (χ0) is 25.0. The Hall–Kier alpha value is -2.66. The average molecular weight is 503 g/mol. The highest BCUT2D eigenvalue weighted by atomic mass is 16.6. The number of hydrogen-bond donors (Lipinski definition) is 1. The van der Waals surface area contributed by atoms with Crippen molar-refractivity contribution in [3.8, 4) is 5.88 Å². The van der Waals surface area contributed by atoms with Crippen LogP contribution >= 0.6 is 0 Å². The molecule has 1 N–H and O–H groups in total. The first-order chi connectivity index (χ1) is 17.7. The fourth-order valence-electron chi connectivity index (χ4n) is 4.70. The molecule has 2 aromatic rings. The number of aromatic nitrogens is 2. The van der Waals surface area contributed by atoms with Gasteiger partial charge in [-0.2, -0.15) is 0 Å². The maximum absolute atomic E-state index is 12.5. The van der Waals surface area contributed by atoms with Crippen LogP contribution in [0.1, 0.15) is 37.3 Å². The number of amides is 1. The molecule has 36 heavy (non-hydrogen) atoms. The van der Waals surface area contributed by atoms with Crippen LogP contribution in [0.5, 0.6) is 5.88 Å². The summed E-state index contributed by atoms with van der Waals surface area (Å²) in [5.74, 6) is 0.373. The monoisotopic (exact) mass is 502 g/mol. The Morgan fingerprint density at radius 1 is 1.03 bits per heavy atom. The quantitative estimate of drug-likeness (QED) is 0.441. The summed E-state index contributed by atoms with van der Waals surface area (Å²) in [5, 5.41) is 7.50. The van der Waals surface area contributed by atoms with Crippen molar-refractivity contribution in [1.29, 1.82) is 0 Å². The van der Waals surface area contributed by atoms with Gasteiger partial charge in [0.2, 0.25) is 0 Å². The number of hydrogen-bond acceptors (Lipinski definition) is 8. The molecule has 0 bridgehead atoms. The average Bonchev–Trinajstić information content (AvgIpc) is 3.33. The predicted octanol–water partition coefficient (Wildman–Crippen LogP) is 3.49. The number of rotatable bonds is 12. The van der Waals surface area contributed by atoms with Crippen molar-refractivity contribution in [3.63, 3.8) is 0 Å². The van der Waals surface area contributed by atoms with Gasteiger partial charge in [0.15, 0.2) is 0 Å². The van der Waals surface area contributed by atoms with Gasteiger partial charge in [-0.1, -0.05) is 30.3 Å². The van der Waals surface area contributed by atoms with Crippen LogP contribution in [0.2, 0.25) is 0 Å². The molecule has 1 saturated heterocycles. The number of benzene rings is 1. The number of nitrogens with zero attached hydrogens (tertiary/aromatic N) is 3. The van der Waals surface area contributed by atoms with E-state index in [9.17, 15) is 4.79 Å². The topological polar surface area (TPSA) is 96.3 Å². The molecule has 0 radical (unpaired) electrons. The lowest BCUT2D eigenvalue weighted by Gasteiger charge is -2.38. The van der Waals surface area contributed by atoms with Crippen molar-refractivity contribution >= 4 is 11.8 Å². The number of morpholine rings is 1. The zero-order valence-corrected chi connectivity index (χ0v) is 21.1. The summed E-state index contributed by atoms with van der Waals surface area (Å²) in [5.41, 5.74) is 1.42. The van der Waals surface area contributed by atoms with E-state index in [1.54, 1.807) is 7.11 Å². The standard InChI is InChI=1S/C26H38N4O6/c1-32-15-16-34-17-18-35-25-24(27-26(31)36-20-21-5-3-2-4-6-21)19-30(28-25)23-9-7-22(8-10-23)29-11-13-33-14-12-29/h2-6,19,22-23H,7-18,20H2,1H3,(H,27,31)/t22-,23-. The van der Waals surface area contributed by atoms with Gasteiger partial charge in [-0.3, -0.25) is 14.9 Å². The molecule has 2 fully saturated rings. The molecule has 0 atom stereocenters. The highest BCUT2D eigenvalue weighted by molar-refractivity contribution is 5.86. The van der Waals surface area contributed by atoms with Crippen LogP contribution in [0.25, 0.3) is 0 Å². The van der Waals surface area contributed by atoms with Gasteiger partial charge in [0.25, 0.3) is 5.88 Å². The van der Waals surface area contributed by atoms with E-state index in [-0.39, 0.29) is 12.6 Å². The molecule has 10 heteroatoms. The Morgan fingerprint density at radius 2 is 1.75 bits per heavy atom. The SMILES string of the molecule is COCCOCCOc1nn([C@H]2CC[C@H](N3CCOCC3)CC2)cc1NC(=O)OCc1ccccc1. The van der Waals surface area contributed by atoms with Crippen LogP contribution in [0.3, 0.4) is 0 Å². The van der Waals surface area contributed by atoms with E-state index in [0.717, 1.165) is 57.6 Å². The molecule has 4 rings (SSSR count). The van der Waals surface area contributed by atoms with Gasteiger partial charge in [0.05, 0.1) is 45.3 Å². The van der Waals surface area contributed by atoms with E-state index in [1.807, 2.05) is 41.2 Å². The molecule has 0 spiro atoms. The molecule has 198 valence electrons. The smallest absolute Gasteiger partial charge is 0.412 e. The summed E-state index contributed by atoms with van der Waals surface area (Å²) in [6, 6.07) is 10.4. The van der Waals surface area contributed by atoms with Gasteiger partial charge in [-0.25, -0.2) is 4.79 Å². The molecule has 1 amide bonds. The molecule has 2 heterocycles. The molecule has 1 aromatic carbocycles. The molecular weight excluding hydrogens is 464 g/mol. The first-order valence-electron chi connectivity index (χ1n) is 12.8. The van der Waals surface area contributed by atoms with Crippen LogP contribution in [-0.2, 0) is 25.6 Å². The Kier molecular flexibility index (Phi) is 10.4. The van der Waals surface area contributed by atoms with E-state index in [4.69, 9.17) is 23.7 Å². The van der Waals surface area contributed by atoms with Crippen molar-refractivity contribution < 1.29 is 28.5 Å². The van der Waals surface area contributed by atoms with Crippen LogP contribution < -0.4 is 10.1 Å². The second-order valence-electron chi connectivity index (χ2n) is 9.08. The first-order valence-corrected chi connectivity index (χ1v) is 12.8. The lowest BCUT2D eigenvalue weighted by Crippen LogP contribution is -2.45. The van der Waals surface area contributed by atoms with Crippen LogP contribution in [0, 0.1) is 0 Å². The lowest BCUT2D eigenvalue weighted by molar-refractivity contribution is 0.00501. The lowest BCUT2D eigenvalue weighted by atomic mass is 9.90. The Bertz CT molecular complexity index is 910. The van der Waals surface area contributed by atoms with Gasteiger partial charge < -0.3 is 23.7 Å². The maximum atomic E-state index is 12.5. The minimum atomic E-state index is -0.546. The van der Waals surface area contributed by atoms with E-state index in [2.05, 4.69) is 15.3 Å². The molecular formula is C26H38N4O6. The third-order valence-electron chi connectivity index (χ3n) is 6.65. The minimum Gasteiger partial charge on any atom is -0.473 e. The van der Waals surface area contributed by atoms with Crippen LogP contribution in [0.15, 0.2) is 36.5 Å². The van der Waals surface area contributed by atoms with Crippen molar-refractivity contribution in [3.05, 3.63) is 42.1 Å². The zero-order valence-electron chi connectivity index (χ0n) is 21.1. The molecule has 1 aromatic heterocycles. The van der Waals surface area contributed by atoms with Gasteiger partial charge in [-0.15, -0.1) is 5.10 Å². The van der Waals surface area contributed by atoms with Crippen molar-refractivity contribution in [2.45, 2.75) is 44.4 Å². The van der Waals surface area contributed by atoms with Crippen molar-refractivity contribution in [1.82, 2.24) is 14.7 Å². The fourth-order valence-corrected chi connectivity index (χ4v) is 4.70. The fraction of sp³-hybridized carbons (Fsp3) is 0.615. The van der Waals surface area contributed by atoms with Crippen LogP contribution in [0.4, 0.5) is 10.5 Å².